The maximum atomic E-state index is 12.8. The van der Waals surface area contributed by atoms with Crippen LogP contribution >= 0.6 is 0 Å². The molecule has 6 heteroatoms. The lowest BCUT2D eigenvalue weighted by Crippen LogP contribution is -2.14. The van der Waals surface area contributed by atoms with Crippen molar-refractivity contribution in [3.8, 4) is 11.5 Å². The molecule has 0 unspecified atom stereocenters. The van der Waals surface area contributed by atoms with E-state index < -0.39 is 10.0 Å². The SMILES string of the molecule is COc1ccc(S(=O)(=O)Nc2ccc(OC3CCCC3)cc2)cc1C(C)C. The molecule has 0 bridgehead atoms. The van der Waals surface area contributed by atoms with Crippen molar-refractivity contribution in [3.63, 3.8) is 0 Å². The maximum Gasteiger partial charge on any atom is 0.261 e. The van der Waals surface area contributed by atoms with Crippen LogP contribution in [-0.2, 0) is 10.0 Å². The highest BCUT2D eigenvalue weighted by atomic mass is 32.2. The van der Waals surface area contributed by atoms with Gasteiger partial charge in [-0.25, -0.2) is 8.42 Å². The van der Waals surface area contributed by atoms with Crippen LogP contribution in [0.15, 0.2) is 47.4 Å². The zero-order chi connectivity index (χ0) is 19.4. The summed E-state index contributed by atoms with van der Waals surface area (Å²) in [6, 6.07) is 12.0. The number of nitrogens with one attached hydrogen (secondary N) is 1. The van der Waals surface area contributed by atoms with Gasteiger partial charge in [0.2, 0.25) is 0 Å². The number of methoxy groups -OCH3 is 1. The summed E-state index contributed by atoms with van der Waals surface area (Å²) in [5.74, 6) is 1.62. The van der Waals surface area contributed by atoms with Crippen LogP contribution < -0.4 is 14.2 Å². The van der Waals surface area contributed by atoms with E-state index in [-0.39, 0.29) is 16.9 Å². The van der Waals surface area contributed by atoms with Crippen molar-refractivity contribution in [1.29, 1.82) is 0 Å². The van der Waals surface area contributed by atoms with Gasteiger partial charge < -0.3 is 9.47 Å². The zero-order valence-electron chi connectivity index (χ0n) is 16.1. The lowest BCUT2D eigenvalue weighted by molar-refractivity contribution is 0.210. The first kappa shape index (κ1) is 19.5. The summed E-state index contributed by atoms with van der Waals surface area (Å²) < 4.78 is 39.4. The summed E-state index contributed by atoms with van der Waals surface area (Å²) >= 11 is 0. The van der Waals surface area contributed by atoms with Crippen LogP contribution in [0.4, 0.5) is 5.69 Å². The Morgan fingerprint density at radius 2 is 1.70 bits per heavy atom. The van der Waals surface area contributed by atoms with E-state index in [9.17, 15) is 8.42 Å². The van der Waals surface area contributed by atoms with Gasteiger partial charge in [-0.05, 0) is 79.6 Å². The highest BCUT2D eigenvalue weighted by Crippen LogP contribution is 2.30. The fourth-order valence-corrected chi connectivity index (χ4v) is 4.44. The monoisotopic (exact) mass is 389 g/mol. The number of hydrogen-bond donors (Lipinski definition) is 1. The second kappa shape index (κ2) is 8.21. The Morgan fingerprint density at radius 3 is 2.30 bits per heavy atom. The van der Waals surface area contributed by atoms with E-state index in [1.807, 2.05) is 26.0 Å². The first-order valence-electron chi connectivity index (χ1n) is 9.36. The van der Waals surface area contributed by atoms with Crippen LogP contribution in [0.1, 0.15) is 51.0 Å². The normalized spacial score (nSPS) is 15.1. The van der Waals surface area contributed by atoms with Crippen molar-refractivity contribution in [3.05, 3.63) is 48.0 Å². The lowest BCUT2D eigenvalue weighted by atomic mass is 10.0. The summed E-state index contributed by atoms with van der Waals surface area (Å²) in [5, 5.41) is 0. The van der Waals surface area contributed by atoms with Gasteiger partial charge in [-0.3, -0.25) is 4.72 Å². The smallest absolute Gasteiger partial charge is 0.261 e. The molecule has 0 atom stereocenters. The van der Waals surface area contributed by atoms with Crippen LogP contribution in [0.25, 0.3) is 0 Å². The predicted octanol–water partition coefficient (Wildman–Crippen LogP) is 4.94. The predicted molar refractivity (Wildman–Crippen MR) is 107 cm³/mol. The molecule has 27 heavy (non-hydrogen) atoms. The molecule has 0 saturated heterocycles. The maximum absolute atomic E-state index is 12.8. The number of sulfonamides is 1. The Morgan fingerprint density at radius 1 is 1.04 bits per heavy atom. The van der Waals surface area contributed by atoms with Crippen molar-refractivity contribution in [1.82, 2.24) is 0 Å². The number of anilines is 1. The van der Waals surface area contributed by atoms with E-state index in [0.29, 0.717) is 11.4 Å². The summed E-state index contributed by atoms with van der Waals surface area (Å²) in [6.45, 7) is 4.01. The molecule has 146 valence electrons. The van der Waals surface area contributed by atoms with Crippen LogP contribution in [0.2, 0.25) is 0 Å². The molecule has 0 aromatic heterocycles. The van der Waals surface area contributed by atoms with Crippen molar-refractivity contribution >= 4 is 15.7 Å². The van der Waals surface area contributed by atoms with E-state index in [1.54, 1.807) is 37.4 Å². The van der Waals surface area contributed by atoms with Gasteiger partial charge in [-0.2, -0.15) is 0 Å². The van der Waals surface area contributed by atoms with Crippen molar-refractivity contribution in [2.75, 3.05) is 11.8 Å². The Bertz CT molecular complexity index is 870. The number of rotatable bonds is 7. The van der Waals surface area contributed by atoms with E-state index in [2.05, 4.69) is 4.72 Å². The minimum absolute atomic E-state index is 0.155. The average Bonchev–Trinajstić information content (AvgIpc) is 3.15. The van der Waals surface area contributed by atoms with Crippen LogP contribution in [0.5, 0.6) is 11.5 Å². The molecule has 1 saturated carbocycles. The van der Waals surface area contributed by atoms with E-state index in [0.717, 1.165) is 24.2 Å². The Kier molecular flexibility index (Phi) is 5.95. The summed E-state index contributed by atoms with van der Waals surface area (Å²) in [7, 11) is -2.09. The molecule has 0 spiro atoms. The molecule has 1 aliphatic carbocycles. The third-order valence-corrected chi connectivity index (χ3v) is 6.22. The van der Waals surface area contributed by atoms with Crippen molar-refractivity contribution in [2.24, 2.45) is 0 Å². The highest BCUT2D eigenvalue weighted by Gasteiger charge is 2.19. The van der Waals surface area contributed by atoms with Gasteiger partial charge in [-0.1, -0.05) is 13.8 Å². The molecular weight excluding hydrogens is 362 g/mol. The van der Waals surface area contributed by atoms with Gasteiger partial charge in [0.15, 0.2) is 0 Å². The van der Waals surface area contributed by atoms with E-state index in [4.69, 9.17) is 9.47 Å². The minimum Gasteiger partial charge on any atom is -0.496 e. The summed E-state index contributed by atoms with van der Waals surface area (Å²) in [5.41, 5.74) is 1.37. The quantitative estimate of drug-likeness (QED) is 0.728. The van der Waals surface area contributed by atoms with Gasteiger partial charge in [0, 0.05) is 5.69 Å². The summed E-state index contributed by atoms with van der Waals surface area (Å²) in [4.78, 5) is 0.221. The second-order valence-electron chi connectivity index (χ2n) is 7.21. The minimum atomic E-state index is -3.68. The molecule has 0 heterocycles. The molecule has 0 aliphatic heterocycles. The van der Waals surface area contributed by atoms with Crippen LogP contribution in [0, 0.1) is 0 Å². The average molecular weight is 390 g/mol. The second-order valence-corrected chi connectivity index (χ2v) is 8.90. The Balaban J connectivity index is 1.75. The molecule has 2 aromatic carbocycles. The van der Waals surface area contributed by atoms with Crippen molar-refractivity contribution in [2.45, 2.75) is 56.4 Å². The summed E-state index contributed by atoms with van der Waals surface area (Å²) in [6.07, 6.45) is 4.88. The van der Waals surface area contributed by atoms with Gasteiger partial charge in [0.25, 0.3) is 10.0 Å². The first-order chi connectivity index (χ1) is 12.9. The largest absolute Gasteiger partial charge is 0.496 e. The number of ether oxygens (including phenoxy) is 2. The third kappa shape index (κ3) is 4.75. The topological polar surface area (TPSA) is 64.6 Å². The molecule has 0 amide bonds. The van der Waals surface area contributed by atoms with Gasteiger partial charge in [0.05, 0.1) is 18.1 Å². The molecule has 2 aromatic rings. The molecule has 1 aliphatic rings. The van der Waals surface area contributed by atoms with Crippen LogP contribution in [0.3, 0.4) is 0 Å². The first-order valence-corrected chi connectivity index (χ1v) is 10.8. The molecule has 1 fully saturated rings. The highest BCUT2D eigenvalue weighted by molar-refractivity contribution is 7.92. The molecule has 0 radical (unpaired) electrons. The van der Waals surface area contributed by atoms with Gasteiger partial charge in [0.1, 0.15) is 11.5 Å². The van der Waals surface area contributed by atoms with E-state index in [1.165, 1.54) is 12.8 Å². The van der Waals surface area contributed by atoms with Crippen molar-refractivity contribution < 1.29 is 17.9 Å². The molecular formula is C21H27NO4S. The van der Waals surface area contributed by atoms with Crippen LogP contribution in [-0.4, -0.2) is 21.6 Å². The number of benzene rings is 2. The Labute approximate surface area is 161 Å². The third-order valence-electron chi connectivity index (χ3n) is 4.84. The fourth-order valence-electron chi connectivity index (χ4n) is 3.35. The molecule has 1 N–H and O–H groups in total. The standard InChI is InChI=1S/C21H27NO4S/c1-15(2)20-14-19(12-13-21(20)25-3)27(23,24)22-16-8-10-18(11-9-16)26-17-6-4-5-7-17/h8-15,17,22H,4-7H2,1-3H3. The molecule has 5 nitrogen and oxygen atoms in total. The number of hydrogen-bond acceptors (Lipinski definition) is 4. The fraction of sp³-hybridized carbons (Fsp3) is 0.429. The zero-order valence-corrected chi connectivity index (χ0v) is 16.9. The van der Waals surface area contributed by atoms with E-state index >= 15 is 0 Å². The van der Waals surface area contributed by atoms with Gasteiger partial charge in [-0.15, -0.1) is 0 Å². The molecule has 3 rings (SSSR count). The van der Waals surface area contributed by atoms with Gasteiger partial charge >= 0.3 is 0 Å². The lowest BCUT2D eigenvalue weighted by Gasteiger charge is -2.15. The Hall–Kier alpha value is -2.21.